The molecule has 1 saturated heterocycles. The Bertz CT molecular complexity index is 727. The quantitative estimate of drug-likeness (QED) is 0.769. The molecule has 3 nitrogen and oxygen atoms in total. The van der Waals surface area contributed by atoms with Gasteiger partial charge in [0.25, 0.3) is 0 Å². The van der Waals surface area contributed by atoms with Crippen LogP contribution >= 0.6 is 11.8 Å². The summed E-state index contributed by atoms with van der Waals surface area (Å²) in [5.74, 6) is 1.50. The summed E-state index contributed by atoms with van der Waals surface area (Å²) in [6.07, 6.45) is 0.908. The lowest BCUT2D eigenvalue weighted by atomic mass is 10.0. The minimum Gasteiger partial charge on any atom is -0.308 e. The Kier molecular flexibility index (Phi) is 5.69. The fourth-order valence-electron chi connectivity index (χ4n) is 3.14. The Morgan fingerprint density at radius 2 is 1.92 bits per heavy atom. The number of carbonyl (C=O) groups is 1. The number of nitrogens with one attached hydrogen (secondary N) is 1. The Balaban J connectivity index is 1.75. The van der Waals surface area contributed by atoms with Crippen LogP contribution in [0.5, 0.6) is 0 Å². The van der Waals surface area contributed by atoms with Crippen LogP contribution in [-0.4, -0.2) is 23.2 Å². The van der Waals surface area contributed by atoms with Gasteiger partial charge in [0.15, 0.2) is 0 Å². The first-order chi connectivity index (χ1) is 12.1. The molecule has 1 aliphatic heterocycles. The van der Waals surface area contributed by atoms with Crippen molar-refractivity contribution >= 4 is 23.5 Å². The van der Waals surface area contributed by atoms with Crippen LogP contribution in [0.4, 0.5) is 10.5 Å². The van der Waals surface area contributed by atoms with Gasteiger partial charge in [0.05, 0.1) is 0 Å². The number of hydrogen-bond acceptors (Lipinski definition) is 2. The molecule has 2 aromatic carbocycles. The van der Waals surface area contributed by atoms with Crippen molar-refractivity contribution in [2.24, 2.45) is 0 Å². The van der Waals surface area contributed by atoms with E-state index in [0.717, 1.165) is 24.4 Å². The third-order valence-electron chi connectivity index (χ3n) is 4.68. The molecule has 0 unspecified atom stereocenters. The van der Waals surface area contributed by atoms with E-state index < -0.39 is 0 Å². The van der Waals surface area contributed by atoms with Crippen LogP contribution in [0.2, 0.25) is 0 Å². The summed E-state index contributed by atoms with van der Waals surface area (Å²) in [7, 11) is 0. The van der Waals surface area contributed by atoms with Crippen LogP contribution in [0, 0.1) is 0 Å². The molecule has 2 amide bonds. The summed E-state index contributed by atoms with van der Waals surface area (Å²) >= 11 is 1.83. The number of rotatable bonds is 4. The lowest BCUT2D eigenvalue weighted by Gasteiger charge is -2.25. The van der Waals surface area contributed by atoms with E-state index in [1.54, 1.807) is 0 Å². The van der Waals surface area contributed by atoms with Gasteiger partial charge in [-0.2, -0.15) is 0 Å². The first-order valence-corrected chi connectivity index (χ1v) is 10.0. The fourth-order valence-corrected chi connectivity index (χ4v) is 4.39. The summed E-state index contributed by atoms with van der Waals surface area (Å²) in [6.45, 7) is 7.28. The van der Waals surface area contributed by atoms with E-state index in [1.807, 2.05) is 34.9 Å². The Hall–Kier alpha value is -1.94. The number of urea groups is 1. The highest BCUT2D eigenvalue weighted by atomic mass is 32.2. The highest BCUT2D eigenvalue weighted by Crippen LogP contribution is 2.38. The number of thioether (sulfide) groups is 1. The lowest BCUT2D eigenvalue weighted by molar-refractivity contribution is 0.214. The highest BCUT2D eigenvalue weighted by Gasteiger charge is 2.30. The molecule has 0 spiro atoms. The van der Waals surface area contributed by atoms with Crippen molar-refractivity contribution in [1.82, 2.24) is 4.90 Å². The largest absolute Gasteiger partial charge is 0.323 e. The van der Waals surface area contributed by atoms with Gasteiger partial charge in [-0.25, -0.2) is 4.79 Å². The maximum absolute atomic E-state index is 12.8. The molecule has 1 N–H and O–H groups in total. The zero-order valence-electron chi connectivity index (χ0n) is 15.2. The second kappa shape index (κ2) is 7.96. The predicted octanol–water partition coefficient (Wildman–Crippen LogP) is 5.65. The van der Waals surface area contributed by atoms with Crippen molar-refractivity contribution in [3.63, 3.8) is 0 Å². The standard InChI is InChI=1S/C21H26N2OS/c1-4-16-7-5-6-8-19(16)22-21(24)23-13-14-25-20(23)18-11-9-17(10-12-18)15(2)3/h5-12,15,20H,4,13-14H2,1-3H3,(H,22,24)/t20-/m1/s1. The zero-order chi connectivity index (χ0) is 17.8. The van der Waals surface area contributed by atoms with E-state index in [9.17, 15) is 4.79 Å². The zero-order valence-corrected chi connectivity index (χ0v) is 16.0. The molecule has 25 heavy (non-hydrogen) atoms. The van der Waals surface area contributed by atoms with E-state index in [4.69, 9.17) is 0 Å². The molecule has 1 atom stereocenters. The molecule has 1 fully saturated rings. The molecule has 0 radical (unpaired) electrons. The lowest BCUT2D eigenvalue weighted by Crippen LogP contribution is -2.34. The first kappa shape index (κ1) is 17.9. The summed E-state index contributed by atoms with van der Waals surface area (Å²) in [6, 6.07) is 16.7. The van der Waals surface area contributed by atoms with Gasteiger partial charge in [-0.05, 0) is 35.1 Å². The van der Waals surface area contributed by atoms with Crippen molar-refractivity contribution in [2.75, 3.05) is 17.6 Å². The van der Waals surface area contributed by atoms with Crippen LogP contribution in [0.15, 0.2) is 48.5 Å². The summed E-state index contributed by atoms with van der Waals surface area (Å²) in [5.41, 5.74) is 4.62. The molecular weight excluding hydrogens is 328 g/mol. The average Bonchev–Trinajstić information content (AvgIpc) is 3.12. The van der Waals surface area contributed by atoms with Gasteiger partial charge in [0, 0.05) is 18.0 Å². The normalized spacial score (nSPS) is 17.1. The second-order valence-electron chi connectivity index (χ2n) is 6.68. The number of amides is 2. The van der Waals surface area contributed by atoms with Gasteiger partial charge in [-0.15, -0.1) is 11.8 Å². The molecule has 2 aromatic rings. The smallest absolute Gasteiger partial charge is 0.308 e. The van der Waals surface area contributed by atoms with Crippen molar-refractivity contribution in [3.8, 4) is 0 Å². The number of anilines is 1. The highest BCUT2D eigenvalue weighted by molar-refractivity contribution is 7.99. The predicted molar refractivity (Wildman–Crippen MR) is 107 cm³/mol. The van der Waals surface area contributed by atoms with Crippen LogP contribution < -0.4 is 5.32 Å². The summed E-state index contributed by atoms with van der Waals surface area (Å²) in [4.78, 5) is 14.8. The van der Waals surface area contributed by atoms with E-state index in [2.05, 4.69) is 56.4 Å². The molecule has 0 saturated carbocycles. The Morgan fingerprint density at radius 3 is 2.60 bits per heavy atom. The van der Waals surface area contributed by atoms with Gasteiger partial charge in [-0.3, -0.25) is 0 Å². The number of aryl methyl sites for hydroxylation is 1. The SMILES string of the molecule is CCc1ccccc1NC(=O)N1CCS[C@@H]1c1ccc(C(C)C)cc1. The molecular formula is C21H26N2OS. The van der Waals surface area contributed by atoms with Crippen molar-refractivity contribution in [2.45, 2.75) is 38.5 Å². The number of carbonyl (C=O) groups excluding carboxylic acids is 1. The maximum Gasteiger partial charge on any atom is 0.323 e. The molecule has 1 heterocycles. The Labute approximate surface area is 154 Å². The van der Waals surface area contributed by atoms with Crippen LogP contribution in [0.25, 0.3) is 0 Å². The topological polar surface area (TPSA) is 32.3 Å². The molecule has 132 valence electrons. The maximum atomic E-state index is 12.8. The van der Waals surface area contributed by atoms with Crippen molar-refractivity contribution in [1.29, 1.82) is 0 Å². The minimum absolute atomic E-state index is 0.0103. The number of para-hydroxylation sites is 1. The second-order valence-corrected chi connectivity index (χ2v) is 7.87. The van der Waals surface area contributed by atoms with Gasteiger partial charge >= 0.3 is 6.03 Å². The molecule has 1 aliphatic rings. The van der Waals surface area contributed by atoms with E-state index >= 15 is 0 Å². The van der Waals surface area contributed by atoms with E-state index in [0.29, 0.717) is 5.92 Å². The van der Waals surface area contributed by atoms with Crippen LogP contribution in [-0.2, 0) is 6.42 Å². The number of benzene rings is 2. The van der Waals surface area contributed by atoms with Crippen LogP contribution in [0.1, 0.15) is 48.8 Å². The minimum atomic E-state index is -0.0103. The Morgan fingerprint density at radius 1 is 1.20 bits per heavy atom. The van der Waals surface area contributed by atoms with Crippen molar-refractivity contribution < 1.29 is 4.79 Å². The monoisotopic (exact) mass is 354 g/mol. The average molecular weight is 355 g/mol. The van der Waals surface area contributed by atoms with Gasteiger partial charge in [-0.1, -0.05) is 63.2 Å². The summed E-state index contributed by atoms with van der Waals surface area (Å²) < 4.78 is 0. The van der Waals surface area contributed by atoms with Crippen LogP contribution in [0.3, 0.4) is 0 Å². The molecule has 3 rings (SSSR count). The van der Waals surface area contributed by atoms with E-state index in [-0.39, 0.29) is 11.4 Å². The van der Waals surface area contributed by atoms with Gasteiger partial charge in [0.1, 0.15) is 5.37 Å². The van der Waals surface area contributed by atoms with Gasteiger partial charge in [0.2, 0.25) is 0 Å². The van der Waals surface area contributed by atoms with Crippen molar-refractivity contribution in [3.05, 3.63) is 65.2 Å². The van der Waals surface area contributed by atoms with E-state index in [1.165, 1.54) is 16.7 Å². The van der Waals surface area contributed by atoms with Gasteiger partial charge < -0.3 is 10.2 Å². The third kappa shape index (κ3) is 4.01. The molecule has 0 bridgehead atoms. The molecule has 4 heteroatoms. The fraction of sp³-hybridized carbons (Fsp3) is 0.381. The molecule has 0 aromatic heterocycles. The first-order valence-electron chi connectivity index (χ1n) is 8.97. The number of nitrogens with zero attached hydrogens (tertiary/aromatic N) is 1. The number of hydrogen-bond donors (Lipinski definition) is 1. The molecule has 0 aliphatic carbocycles. The summed E-state index contributed by atoms with van der Waals surface area (Å²) in [5, 5.41) is 3.20. The third-order valence-corrected chi connectivity index (χ3v) is 5.94.